The van der Waals surface area contributed by atoms with Crippen LogP contribution in [-0.4, -0.2) is 37.0 Å². The van der Waals surface area contributed by atoms with Crippen molar-refractivity contribution >= 4 is 17.8 Å². The minimum atomic E-state index is -0.656. The maximum absolute atomic E-state index is 12.1. The van der Waals surface area contributed by atoms with Gasteiger partial charge in [-0.2, -0.15) is 0 Å². The average molecular weight is 362 g/mol. The monoisotopic (exact) mass is 362 g/mol. The molecule has 0 radical (unpaired) electrons. The molecule has 2 amide bonds. The number of rotatable bonds is 7. The summed E-state index contributed by atoms with van der Waals surface area (Å²) in [7, 11) is 0. The first-order chi connectivity index (χ1) is 12.0. The van der Waals surface area contributed by atoms with E-state index in [0.717, 1.165) is 5.56 Å². The summed E-state index contributed by atoms with van der Waals surface area (Å²) in [4.78, 5) is 35.4. The fourth-order valence-electron chi connectivity index (χ4n) is 2.04. The topological polar surface area (TPSA) is 84.5 Å². The van der Waals surface area contributed by atoms with E-state index in [1.807, 2.05) is 32.9 Å². The normalized spacial score (nSPS) is 12.4. The van der Waals surface area contributed by atoms with E-state index in [1.54, 1.807) is 12.1 Å². The van der Waals surface area contributed by atoms with Gasteiger partial charge in [-0.1, -0.05) is 46.8 Å². The van der Waals surface area contributed by atoms with Crippen molar-refractivity contribution in [1.29, 1.82) is 0 Å². The molecule has 0 aliphatic carbocycles. The molecule has 26 heavy (non-hydrogen) atoms. The minimum Gasteiger partial charge on any atom is -0.454 e. The maximum atomic E-state index is 12.1. The molecular formula is C20H30N2O4. The molecule has 2 N–H and O–H groups in total. The SMILES string of the molecule is CC(C)[C@@H](C)NC(=O)COC(=O)CNC(=O)c1ccc(C(C)(C)C)cc1. The molecule has 144 valence electrons. The molecule has 0 saturated heterocycles. The summed E-state index contributed by atoms with van der Waals surface area (Å²) in [5, 5.41) is 5.23. The summed E-state index contributed by atoms with van der Waals surface area (Å²) >= 11 is 0. The van der Waals surface area contributed by atoms with Crippen molar-refractivity contribution in [2.75, 3.05) is 13.2 Å². The van der Waals surface area contributed by atoms with Gasteiger partial charge in [0.15, 0.2) is 6.61 Å². The average Bonchev–Trinajstić information content (AvgIpc) is 2.57. The van der Waals surface area contributed by atoms with Crippen LogP contribution in [0.2, 0.25) is 0 Å². The molecular weight excluding hydrogens is 332 g/mol. The van der Waals surface area contributed by atoms with E-state index >= 15 is 0 Å². The van der Waals surface area contributed by atoms with Crippen molar-refractivity contribution in [3.8, 4) is 0 Å². The lowest BCUT2D eigenvalue weighted by molar-refractivity contribution is -0.147. The number of nitrogens with one attached hydrogen (secondary N) is 2. The van der Waals surface area contributed by atoms with Crippen LogP contribution in [0.3, 0.4) is 0 Å². The molecule has 0 bridgehead atoms. The summed E-state index contributed by atoms with van der Waals surface area (Å²) < 4.78 is 4.87. The zero-order valence-electron chi connectivity index (χ0n) is 16.5. The molecule has 1 atom stereocenters. The lowest BCUT2D eigenvalue weighted by Crippen LogP contribution is -2.39. The molecule has 1 aromatic carbocycles. The van der Waals surface area contributed by atoms with E-state index in [4.69, 9.17) is 4.74 Å². The van der Waals surface area contributed by atoms with Crippen molar-refractivity contribution in [1.82, 2.24) is 10.6 Å². The zero-order chi connectivity index (χ0) is 19.9. The van der Waals surface area contributed by atoms with E-state index in [9.17, 15) is 14.4 Å². The van der Waals surface area contributed by atoms with Crippen LogP contribution in [0.15, 0.2) is 24.3 Å². The Morgan fingerprint density at radius 3 is 2.12 bits per heavy atom. The molecule has 0 fully saturated rings. The number of hydrogen-bond donors (Lipinski definition) is 2. The fourth-order valence-corrected chi connectivity index (χ4v) is 2.04. The van der Waals surface area contributed by atoms with Crippen LogP contribution in [-0.2, 0) is 19.7 Å². The Morgan fingerprint density at radius 1 is 1.04 bits per heavy atom. The number of hydrogen-bond acceptors (Lipinski definition) is 4. The first-order valence-corrected chi connectivity index (χ1v) is 8.84. The van der Waals surface area contributed by atoms with Crippen LogP contribution in [0.5, 0.6) is 0 Å². The van der Waals surface area contributed by atoms with Gasteiger partial charge in [0.25, 0.3) is 11.8 Å². The Hall–Kier alpha value is -2.37. The lowest BCUT2D eigenvalue weighted by Gasteiger charge is -2.19. The van der Waals surface area contributed by atoms with Gasteiger partial charge >= 0.3 is 5.97 Å². The first-order valence-electron chi connectivity index (χ1n) is 8.84. The van der Waals surface area contributed by atoms with Crippen molar-refractivity contribution in [2.24, 2.45) is 5.92 Å². The number of carbonyl (C=O) groups is 3. The van der Waals surface area contributed by atoms with Gasteiger partial charge in [-0.25, -0.2) is 0 Å². The van der Waals surface area contributed by atoms with Gasteiger partial charge in [-0.05, 0) is 36.0 Å². The Kier molecular flexibility index (Phi) is 7.80. The second-order valence-corrected chi connectivity index (χ2v) is 7.77. The smallest absolute Gasteiger partial charge is 0.325 e. The van der Waals surface area contributed by atoms with Gasteiger partial charge in [0, 0.05) is 11.6 Å². The first kappa shape index (κ1) is 21.7. The Balaban J connectivity index is 2.40. The molecule has 0 unspecified atom stereocenters. The quantitative estimate of drug-likeness (QED) is 0.730. The van der Waals surface area contributed by atoms with Crippen molar-refractivity contribution in [3.63, 3.8) is 0 Å². The van der Waals surface area contributed by atoms with Gasteiger partial charge in [0.2, 0.25) is 0 Å². The Bertz CT molecular complexity index is 630. The summed E-state index contributed by atoms with van der Waals surface area (Å²) in [5.74, 6) is -1.08. The van der Waals surface area contributed by atoms with E-state index in [1.165, 1.54) is 0 Å². The Labute approximate surface area is 155 Å². The van der Waals surface area contributed by atoms with Crippen molar-refractivity contribution in [3.05, 3.63) is 35.4 Å². The summed E-state index contributed by atoms with van der Waals surface area (Å²) in [6.45, 7) is 11.5. The number of carbonyl (C=O) groups excluding carboxylic acids is 3. The van der Waals surface area contributed by atoms with Crippen molar-refractivity contribution in [2.45, 2.75) is 53.0 Å². The fraction of sp³-hybridized carbons (Fsp3) is 0.550. The largest absolute Gasteiger partial charge is 0.454 e. The van der Waals surface area contributed by atoms with Crippen LogP contribution in [0.1, 0.15) is 57.5 Å². The second-order valence-electron chi connectivity index (χ2n) is 7.77. The summed E-state index contributed by atoms with van der Waals surface area (Å²) in [6, 6.07) is 7.24. The van der Waals surface area contributed by atoms with Gasteiger partial charge in [-0.15, -0.1) is 0 Å². The highest BCUT2D eigenvalue weighted by Gasteiger charge is 2.16. The van der Waals surface area contributed by atoms with Gasteiger partial charge in [0.05, 0.1) is 0 Å². The highest BCUT2D eigenvalue weighted by atomic mass is 16.5. The van der Waals surface area contributed by atoms with Crippen molar-refractivity contribution < 1.29 is 19.1 Å². The third kappa shape index (κ3) is 7.25. The van der Waals surface area contributed by atoms with Gasteiger partial charge in [0.1, 0.15) is 6.54 Å². The van der Waals surface area contributed by atoms with Crippen LogP contribution < -0.4 is 10.6 Å². The number of amides is 2. The maximum Gasteiger partial charge on any atom is 0.325 e. The molecule has 1 aromatic rings. The molecule has 0 aliphatic rings. The van der Waals surface area contributed by atoms with Gasteiger partial charge in [-0.3, -0.25) is 14.4 Å². The molecule has 6 nitrogen and oxygen atoms in total. The molecule has 0 heterocycles. The predicted octanol–water partition coefficient (Wildman–Crippen LogP) is 2.42. The molecule has 0 saturated carbocycles. The van der Waals surface area contributed by atoms with E-state index in [2.05, 4.69) is 31.4 Å². The number of ether oxygens (including phenoxy) is 1. The third-order valence-corrected chi connectivity index (χ3v) is 4.16. The number of esters is 1. The van der Waals surface area contributed by atoms with E-state index < -0.39 is 5.97 Å². The standard InChI is InChI=1S/C20H30N2O4/c1-13(2)14(3)22-17(23)12-26-18(24)11-21-19(25)15-7-9-16(10-8-15)20(4,5)6/h7-10,13-14H,11-12H2,1-6H3,(H,21,25)(H,22,23)/t14-/m1/s1. The van der Waals surface area contributed by atoms with E-state index in [-0.39, 0.29) is 36.4 Å². The second kappa shape index (κ2) is 9.36. The summed E-state index contributed by atoms with van der Waals surface area (Å²) in [5.41, 5.74) is 1.59. The molecule has 0 spiro atoms. The predicted molar refractivity (Wildman–Crippen MR) is 101 cm³/mol. The molecule has 0 aromatic heterocycles. The molecule has 0 aliphatic heterocycles. The molecule has 1 rings (SSSR count). The third-order valence-electron chi connectivity index (χ3n) is 4.16. The van der Waals surface area contributed by atoms with E-state index in [0.29, 0.717) is 11.5 Å². The summed E-state index contributed by atoms with van der Waals surface area (Å²) in [6.07, 6.45) is 0. The van der Waals surface area contributed by atoms with Crippen LogP contribution in [0.25, 0.3) is 0 Å². The van der Waals surface area contributed by atoms with Crippen LogP contribution in [0.4, 0.5) is 0 Å². The van der Waals surface area contributed by atoms with Crippen LogP contribution >= 0.6 is 0 Å². The highest BCUT2D eigenvalue weighted by Crippen LogP contribution is 2.22. The highest BCUT2D eigenvalue weighted by molar-refractivity contribution is 5.96. The lowest BCUT2D eigenvalue weighted by atomic mass is 9.87. The van der Waals surface area contributed by atoms with Gasteiger partial charge < -0.3 is 15.4 Å². The minimum absolute atomic E-state index is 0.00280. The number of benzene rings is 1. The zero-order valence-corrected chi connectivity index (χ0v) is 16.5. The molecule has 6 heteroatoms. The Morgan fingerprint density at radius 2 is 1.62 bits per heavy atom. The van der Waals surface area contributed by atoms with Crippen LogP contribution in [0, 0.1) is 5.92 Å².